The number of imide groups is 1. The van der Waals surface area contributed by atoms with Gasteiger partial charge in [0.15, 0.2) is 6.61 Å². The second-order valence-electron chi connectivity index (χ2n) is 7.61. The quantitative estimate of drug-likeness (QED) is 0.581. The number of esters is 1. The highest BCUT2D eigenvalue weighted by molar-refractivity contribution is 6.07. The summed E-state index contributed by atoms with van der Waals surface area (Å²) in [6, 6.07) is 17.4. The standard InChI is InChI=1S/C26H24N2O5/c1-2-32-26(31)28-22(29)16-33-25(30)23-19-12-6-7-14-21(19)27-24-18(11-8-13-20(23)24)15-17-9-4-3-5-10-17/h3-7,9-10,12,14-15H,2,8,11,13,16H2,1H3,(H,28,29,31)/b18-15+. The minimum atomic E-state index is -0.874. The van der Waals surface area contributed by atoms with Gasteiger partial charge in [-0.15, -0.1) is 0 Å². The topological polar surface area (TPSA) is 94.6 Å². The average Bonchev–Trinajstić information content (AvgIpc) is 2.82. The van der Waals surface area contributed by atoms with Gasteiger partial charge in [-0.25, -0.2) is 14.6 Å². The van der Waals surface area contributed by atoms with Crippen LogP contribution in [0.1, 0.15) is 46.9 Å². The Morgan fingerprint density at radius 3 is 2.55 bits per heavy atom. The van der Waals surface area contributed by atoms with Crippen LogP contribution in [0.15, 0.2) is 54.6 Å². The number of benzene rings is 2. The smallest absolute Gasteiger partial charge is 0.413 e. The summed E-state index contributed by atoms with van der Waals surface area (Å²) < 4.78 is 9.96. The molecule has 3 aromatic rings. The van der Waals surface area contributed by atoms with Crippen LogP contribution in [0.4, 0.5) is 4.79 Å². The lowest BCUT2D eigenvalue weighted by molar-refractivity contribution is -0.123. The number of pyridine rings is 1. The van der Waals surface area contributed by atoms with E-state index in [1.807, 2.05) is 59.9 Å². The Hall–Kier alpha value is -4.00. The molecule has 1 aliphatic rings. The zero-order valence-corrected chi connectivity index (χ0v) is 18.3. The third-order valence-corrected chi connectivity index (χ3v) is 5.37. The molecule has 0 aliphatic heterocycles. The maximum absolute atomic E-state index is 13.1. The van der Waals surface area contributed by atoms with E-state index in [0.29, 0.717) is 22.9 Å². The fraction of sp³-hybridized carbons (Fsp3) is 0.231. The number of hydrogen-bond donors (Lipinski definition) is 1. The molecular weight excluding hydrogens is 420 g/mol. The number of fused-ring (bicyclic) bond motifs is 2. The zero-order chi connectivity index (χ0) is 23.2. The van der Waals surface area contributed by atoms with Crippen molar-refractivity contribution in [2.75, 3.05) is 13.2 Å². The summed E-state index contributed by atoms with van der Waals surface area (Å²) in [6.07, 6.45) is 3.63. The van der Waals surface area contributed by atoms with Crippen LogP contribution in [-0.2, 0) is 20.7 Å². The first kappa shape index (κ1) is 22.2. The van der Waals surface area contributed by atoms with Crippen molar-refractivity contribution in [2.24, 2.45) is 0 Å². The molecule has 0 unspecified atom stereocenters. The maximum Gasteiger partial charge on any atom is 0.413 e. The Balaban J connectivity index is 1.68. The number of nitrogens with one attached hydrogen (secondary N) is 1. The summed E-state index contributed by atoms with van der Waals surface area (Å²) in [5.41, 5.74) is 4.82. The number of alkyl carbamates (subject to hydrolysis) is 1. The maximum atomic E-state index is 13.1. The van der Waals surface area contributed by atoms with Crippen LogP contribution in [0, 0.1) is 0 Å². The number of aromatic nitrogens is 1. The highest BCUT2D eigenvalue weighted by Crippen LogP contribution is 2.36. The normalized spacial score (nSPS) is 13.9. The van der Waals surface area contributed by atoms with E-state index in [1.165, 1.54) is 0 Å². The molecule has 0 saturated heterocycles. The lowest BCUT2D eigenvalue weighted by Crippen LogP contribution is -2.34. The zero-order valence-electron chi connectivity index (χ0n) is 18.3. The highest BCUT2D eigenvalue weighted by Gasteiger charge is 2.26. The number of carbonyl (C=O) groups is 3. The largest absolute Gasteiger partial charge is 0.452 e. The summed E-state index contributed by atoms with van der Waals surface area (Å²) in [6.45, 7) is 1.17. The van der Waals surface area contributed by atoms with Crippen LogP contribution in [0.3, 0.4) is 0 Å². The molecule has 0 fully saturated rings. The summed E-state index contributed by atoms with van der Waals surface area (Å²) in [7, 11) is 0. The number of carbonyl (C=O) groups excluding carboxylic acids is 3. The molecule has 0 spiro atoms. The van der Waals surface area contributed by atoms with Crippen molar-refractivity contribution in [3.63, 3.8) is 0 Å². The molecule has 1 heterocycles. The second kappa shape index (κ2) is 10.1. The van der Waals surface area contributed by atoms with Crippen LogP contribution in [-0.4, -0.2) is 36.2 Å². The number of nitrogens with zero attached hydrogens (tertiary/aromatic N) is 1. The van der Waals surface area contributed by atoms with Crippen LogP contribution in [0.2, 0.25) is 0 Å². The number of para-hydroxylation sites is 1. The van der Waals surface area contributed by atoms with Gasteiger partial charge >= 0.3 is 12.1 Å². The van der Waals surface area contributed by atoms with Gasteiger partial charge in [-0.1, -0.05) is 48.5 Å². The molecule has 168 valence electrons. The number of allylic oxidation sites excluding steroid dienone is 1. The van der Waals surface area contributed by atoms with E-state index in [9.17, 15) is 14.4 Å². The predicted molar refractivity (Wildman–Crippen MR) is 124 cm³/mol. The van der Waals surface area contributed by atoms with Crippen LogP contribution < -0.4 is 5.32 Å². The lowest BCUT2D eigenvalue weighted by Gasteiger charge is -2.22. The van der Waals surface area contributed by atoms with E-state index in [2.05, 4.69) is 10.8 Å². The van der Waals surface area contributed by atoms with Gasteiger partial charge < -0.3 is 9.47 Å². The van der Waals surface area contributed by atoms with Gasteiger partial charge in [0.25, 0.3) is 5.91 Å². The molecule has 1 N–H and O–H groups in total. The molecule has 1 aliphatic carbocycles. The fourth-order valence-corrected chi connectivity index (χ4v) is 3.98. The Kier molecular flexibility index (Phi) is 6.78. The van der Waals surface area contributed by atoms with Crippen molar-refractivity contribution in [3.05, 3.63) is 77.0 Å². The first-order valence-electron chi connectivity index (χ1n) is 10.9. The summed E-state index contributed by atoms with van der Waals surface area (Å²) in [5.74, 6) is -1.37. The van der Waals surface area contributed by atoms with Crippen molar-refractivity contribution < 1.29 is 23.9 Å². The van der Waals surface area contributed by atoms with E-state index in [1.54, 1.807) is 6.92 Å². The molecule has 0 bridgehead atoms. The molecule has 0 saturated carbocycles. The van der Waals surface area contributed by atoms with Gasteiger partial charge in [-0.2, -0.15) is 0 Å². The van der Waals surface area contributed by atoms with Crippen molar-refractivity contribution in [2.45, 2.75) is 26.2 Å². The minimum Gasteiger partial charge on any atom is -0.452 e. The van der Waals surface area contributed by atoms with Gasteiger partial charge in [0.1, 0.15) is 0 Å². The Morgan fingerprint density at radius 1 is 1.00 bits per heavy atom. The first-order chi connectivity index (χ1) is 16.1. The van der Waals surface area contributed by atoms with Gasteiger partial charge in [0.2, 0.25) is 0 Å². The SMILES string of the molecule is CCOC(=O)NC(=O)COC(=O)c1c2c(nc3ccccc13)/C(=C/c1ccccc1)CCC2. The summed E-state index contributed by atoms with van der Waals surface area (Å²) in [4.78, 5) is 41.4. The third kappa shape index (κ3) is 5.09. The van der Waals surface area contributed by atoms with Crippen molar-refractivity contribution in [3.8, 4) is 0 Å². The fourth-order valence-electron chi connectivity index (χ4n) is 3.98. The van der Waals surface area contributed by atoms with Crippen LogP contribution in [0.25, 0.3) is 22.6 Å². The molecule has 0 radical (unpaired) electrons. The monoisotopic (exact) mass is 444 g/mol. The predicted octanol–water partition coefficient (Wildman–Crippen LogP) is 4.54. The Labute approximate surface area is 191 Å². The van der Waals surface area contributed by atoms with Crippen molar-refractivity contribution in [1.82, 2.24) is 10.3 Å². The molecule has 4 rings (SSSR count). The van der Waals surface area contributed by atoms with E-state index in [4.69, 9.17) is 9.72 Å². The number of amides is 2. The van der Waals surface area contributed by atoms with Crippen LogP contribution >= 0.6 is 0 Å². The van der Waals surface area contributed by atoms with Crippen molar-refractivity contribution in [1.29, 1.82) is 0 Å². The number of rotatable bonds is 5. The average molecular weight is 444 g/mol. The third-order valence-electron chi connectivity index (χ3n) is 5.37. The molecule has 2 aromatic carbocycles. The Morgan fingerprint density at radius 2 is 1.76 bits per heavy atom. The van der Waals surface area contributed by atoms with E-state index >= 15 is 0 Å². The van der Waals surface area contributed by atoms with Gasteiger partial charge in [0, 0.05) is 5.39 Å². The molecule has 7 heteroatoms. The number of ether oxygens (including phenoxy) is 2. The molecule has 2 amide bonds. The van der Waals surface area contributed by atoms with E-state index in [0.717, 1.165) is 35.2 Å². The van der Waals surface area contributed by atoms with Crippen molar-refractivity contribution >= 4 is 40.5 Å². The Bertz CT molecular complexity index is 1230. The van der Waals surface area contributed by atoms with Crippen LogP contribution in [0.5, 0.6) is 0 Å². The molecule has 0 atom stereocenters. The van der Waals surface area contributed by atoms with Gasteiger partial charge in [0.05, 0.1) is 23.4 Å². The minimum absolute atomic E-state index is 0.132. The summed E-state index contributed by atoms with van der Waals surface area (Å²) in [5, 5.41) is 2.70. The molecule has 1 aromatic heterocycles. The van der Waals surface area contributed by atoms with Gasteiger partial charge in [-0.3, -0.25) is 10.1 Å². The van der Waals surface area contributed by atoms with E-state index in [-0.39, 0.29) is 6.61 Å². The van der Waals surface area contributed by atoms with Gasteiger partial charge in [-0.05, 0) is 55.0 Å². The lowest BCUT2D eigenvalue weighted by atomic mass is 9.86. The van der Waals surface area contributed by atoms with E-state index < -0.39 is 24.6 Å². The summed E-state index contributed by atoms with van der Waals surface area (Å²) >= 11 is 0. The highest BCUT2D eigenvalue weighted by atomic mass is 16.6. The molecular formula is C26H24N2O5. The number of hydrogen-bond acceptors (Lipinski definition) is 6. The molecule has 33 heavy (non-hydrogen) atoms. The first-order valence-corrected chi connectivity index (χ1v) is 10.9. The second-order valence-corrected chi connectivity index (χ2v) is 7.61. The molecule has 7 nitrogen and oxygen atoms in total.